The summed E-state index contributed by atoms with van der Waals surface area (Å²) in [6.45, 7) is 3.03. The van der Waals surface area contributed by atoms with E-state index in [2.05, 4.69) is 5.32 Å². The first-order valence-corrected chi connectivity index (χ1v) is 11.4. The lowest BCUT2D eigenvalue weighted by molar-refractivity contribution is -0.384. The fraction of sp³-hybridized carbons (Fsp3) is 0.353. The average Bonchev–Trinajstić information content (AvgIpc) is 3.24. The molecule has 1 amide bonds. The Labute approximate surface area is 177 Å². The molecule has 0 aliphatic carbocycles. The molecule has 1 saturated heterocycles. The van der Waals surface area contributed by atoms with Gasteiger partial charge in [0.2, 0.25) is 5.91 Å². The summed E-state index contributed by atoms with van der Waals surface area (Å²) in [5.74, 6) is -0.373. The number of amides is 1. The van der Waals surface area contributed by atoms with Gasteiger partial charge in [-0.2, -0.15) is 4.31 Å². The molecule has 0 radical (unpaired) electrons. The summed E-state index contributed by atoms with van der Waals surface area (Å²) in [7, 11) is -3.51. The lowest BCUT2D eigenvalue weighted by Crippen LogP contribution is -2.53. The molecule has 0 bridgehead atoms. The van der Waals surface area contributed by atoms with Crippen molar-refractivity contribution in [3.8, 4) is 0 Å². The number of halogens is 1. The highest BCUT2D eigenvalue weighted by atomic mass is 35.5. The molecule has 1 N–H and O–H groups in total. The van der Waals surface area contributed by atoms with Gasteiger partial charge >= 0.3 is 0 Å². The minimum Gasteiger partial charge on any atom is -0.323 e. The van der Waals surface area contributed by atoms with Crippen molar-refractivity contribution < 1.29 is 18.1 Å². The van der Waals surface area contributed by atoms with E-state index in [9.17, 15) is 23.3 Å². The van der Waals surface area contributed by atoms with Gasteiger partial charge in [-0.15, -0.1) is 11.3 Å². The first kappa shape index (κ1) is 21.7. The second kappa shape index (κ2) is 8.76. The number of nitrogens with one attached hydrogen (secondary N) is 1. The van der Waals surface area contributed by atoms with E-state index in [1.165, 1.54) is 33.8 Å². The Balaban J connectivity index is 1.62. The molecule has 3 rings (SSSR count). The minimum absolute atomic E-state index is 0.164. The predicted molar refractivity (Wildman–Crippen MR) is 111 cm³/mol. The molecule has 1 aliphatic rings. The molecule has 156 valence electrons. The summed E-state index contributed by atoms with van der Waals surface area (Å²) >= 11 is 7.20. The molecule has 1 aromatic heterocycles. The van der Waals surface area contributed by atoms with Crippen LogP contribution < -0.4 is 5.32 Å². The van der Waals surface area contributed by atoms with Gasteiger partial charge in [-0.1, -0.05) is 17.7 Å². The third-order valence-corrected chi connectivity index (χ3v) is 8.31. The number of benzene rings is 1. The van der Waals surface area contributed by atoms with E-state index in [4.69, 9.17) is 11.6 Å². The first-order chi connectivity index (χ1) is 13.7. The molecule has 1 aliphatic heterocycles. The third kappa shape index (κ3) is 4.75. The number of thiophene rings is 1. The number of rotatable bonds is 6. The molecule has 1 unspecified atom stereocenters. The largest absolute Gasteiger partial charge is 0.323 e. The van der Waals surface area contributed by atoms with Gasteiger partial charge < -0.3 is 5.32 Å². The van der Waals surface area contributed by atoms with E-state index < -0.39 is 21.0 Å². The van der Waals surface area contributed by atoms with Gasteiger partial charge in [0.05, 0.1) is 21.7 Å². The Morgan fingerprint density at radius 3 is 2.55 bits per heavy atom. The van der Waals surface area contributed by atoms with E-state index in [1.54, 1.807) is 24.4 Å². The van der Waals surface area contributed by atoms with Crippen molar-refractivity contribution in [3.63, 3.8) is 0 Å². The quantitative estimate of drug-likeness (QED) is 0.526. The van der Waals surface area contributed by atoms with E-state index in [0.29, 0.717) is 17.3 Å². The summed E-state index contributed by atoms with van der Waals surface area (Å²) in [6.07, 6.45) is 0. The average molecular weight is 459 g/mol. The molecule has 0 spiro atoms. The van der Waals surface area contributed by atoms with Crippen molar-refractivity contribution in [3.05, 3.63) is 50.8 Å². The summed E-state index contributed by atoms with van der Waals surface area (Å²) in [6, 6.07) is 6.53. The Hall–Kier alpha value is -2.05. The van der Waals surface area contributed by atoms with Gasteiger partial charge in [0.25, 0.3) is 15.7 Å². The zero-order chi connectivity index (χ0) is 21.2. The van der Waals surface area contributed by atoms with Crippen molar-refractivity contribution in [2.45, 2.75) is 17.2 Å². The first-order valence-electron chi connectivity index (χ1n) is 8.72. The number of sulfonamides is 1. The van der Waals surface area contributed by atoms with E-state index >= 15 is 0 Å². The molecule has 9 nitrogen and oxygen atoms in total. The third-order valence-electron chi connectivity index (χ3n) is 4.71. The molecule has 2 heterocycles. The normalized spacial score (nSPS) is 17.0. The van der Waals surface area contributed by atoms with Crippen LogP contribution in [0.3, 0.4) is 0 Å². The number of anilines is 1. The number of nitro groups is 1. The molecule has 12 heteroatoms. The van der Waals surface area contributed by atoms with Crippen LogP contribution >= 0.6 is 22.9 Å². The number of non-ortho nitro benzene ring substituents is 1. The number of piperazine rings is 1. The van der Waals surface area contributed by atoms with Crippen LogP contribution in [-0.2, 0) is 14.8 Å². The molecular weight excluding hydrogens is 440 g/mol. The Morgan fingerprint density at radius 1 is 1.28 bits per heavy atom. The topological polar surface area (TPSA) is 113 Å². The Kier molecular flexibility index (Phi) is 6.54. The van der Waals surface area contributed by atoms with Crippen LogP contribution in [0.4, 0.5) is 11.4 Å². The lowest BCUT2D eigenvalue weighted by atomic mass is 10.2. The standard InChI is InChI=1S/C17H19ClN4O5S2/c1-12(17(23)19-15-11-13(22(24)25)4-5-14(15)18)20-6-8-21(9-7-20)29(26,27)16-3-2-10-28-16/h2-5,10-12H,6-9H2,1H3,(H,19,23). The minimum atomic E-state index is -3.51. The van der Waals surface area contributed by atoms with Gasteiger partial charge in [0, 0.05) is 38.3 Å². The van der Waals surface area contributed by atoms with E-state index in [-0.39, 0.29) is 35.4 Å². The highest BCUT2D eigenvalue weighted by Crippen LogP contribution is 2.27. The second-order valence-corrected chi connectivity index (χ2v) is 9.98. The fourth-order valence-electron chi connectivity index (χ4n) is 2.99. The molecule has 1 aromatic carbocycles. The zero-order valence-electron chi connectivity index (χ0n) is 15.4. The molecule has 1 fully saturated rings. The predicted octanol–water partition coefficient (Wildman–Crippen LogP) is 2.64. The van der Waals surface area contributed by atoms with Gasteiger partial charge in [0.15, 0.2) is 0 Å². The van der Waals surface area contributed by atoms with Crippen molar-refractivity contribution in [1.82, 2.24) is 9.21 Å². The van der Waals surface area contributed by atoms with Crippen LogP contribution in [0.25, 0.3) is 0 Å². The smallest absolute Gasteiger partial charge is 0.271 e. The highest BCUT2D eigenvalue weighted by Gasteiger charge is 2.32. The monoisotopic (exact) mass is 458 g/mol. The van der Waals surface area contributed by atoms with Crippen LogP contribution in [-0.4, -0.2) is 60.7 Å². The van der Waals surface area contributed by atoms with Crippen molar-refractivity contribution in [2.24, 2.45) is 0 Å². The maximum absolute atomic E-state index is 12.6. The Morgan fingerprint density at radius 2 is 1.97 bits per heavy atom. The number of carbonyl (C=O) groups is 1. The Bertz CT molecular complexity index is 1000. The number of carbonyl (C=O) groups excluding carboxylic acids is 1. The van der Waals surface area contributed by atoms with E-state index in [1.807, 2.05) is 4.90 Å². The van der Waals surface area contributed by atoms with Crippen LogP contribution in [0.2, 0.25) is 5.02 Å². The molecule has 1 atom stereocenters. The van der Waals surface area contributed by atoms with Crippen LogP contribution in [0.15, 0.2) is 39.9 Å². The van der Waals surface area contributed by atoms with Gasteiger partial charge in [-0.05, 0) is 24.4 Å². The second-order valence-electron chi connectivity index (χ2n) is 6.46. The zero-order valence-corrected chi connectivity index (χ0v) is 17.8. The van der Waals surface area contributed by atoms with Crippen molar-refractivity contribution in [1.29, 1.82) is 0 Å². The lowest BCUT2D eigenvalue weighted by Gasteiger charge is -2.36. The van der Waals surface area contributed by atoms with Gasteiger partial charge in [0.1, 0.15) is 4.21 Å². The maximum atomic E-state index is 12.6. The fourth-order valence-corrected chi connectivity index (χ4v) is 5.73. The number of nitrogens with zero attached hydrogens (tertiary/aromatic N) is 3. The van der Waals surface area contributed by atoms with Gasteiger partial charge in [-0.25, -0.2) is 8.42 Å². The SMILES string of the molecule is CC(C(=O)Nc1cc([N+](=O)[O-])ccc1Cl)N1CCN(S(=O)(=O)c2cccs2)CC1. The summed E-state index contributed by atoms with van der Waals surface area (Å²) in [4.78, 5) is 24.8. The van der Waals surface area contributed by atoms with Gasteiger partial charge in [-0.3, -0.25) is 19.8 Å². The molecule has 0 saturated carbocycles. The van der Waals surface area contributed by atoms with Crippen LogP contribution in [0.1, 0.15) is 6.92 Å². The highest BCUT2D eigenvalue weighted by molar-refractivity contribution is 7.91. The molecule has 29 heavy (non-hydrogen) atoms. The van der Waals surface area contributed by atoms with Crippen LogP contribution in [0.5, 0.6) is 0 Å². The number of hydrogen-bond acceptors (Lipinski definition) is 7. The summed E-state index contributed by atoms with van der Waals surface area (Å²) in [5, 5.41) is 15.5. The van der Waals surface area contributed by atoms with Crippen molar-refractivity contribution >= 4 is 50.2 Å². The summed E-state index contributed by atoms with van der Waals surface area (Å²) < 4.78 is 26.9. The number of hydrogen-bond donors (Lipinski definition) is 1. The van der Waals surface area contributed by atoms with E-state index in [0.717, 1.165) is 0 Å². The maximum Gasteiger partial charge on any atom is 0.271 e. The van der Waals surface area contributed by atoms with Crippen molar-refractivity contribution in [2.75, 3.05) is 31.5 Å². The molecule has 2 aromatic rings. The number of nitro benzene ring substituents is 1. The summed E-state index contributed by atoms with van der Waals surface area (Å²) in [5.41, 5.74) is -0.0126. The molecular formula is C17H19ClN4O5S2. The van der Waals surface area contributed by atoms with Crippen LogP contribution in [0, 0.1) is 10.1 Å².